The zero-order chi connectivity index (χ0) is 15.9. The number of benzene rings is 1. The number of carbonyl (C=O) groups excluding carboxylic acids is 1. The lowest BCUT2D eigenvalue weighted by molar-refractivity contribution is 0.0428. The van der Waals surface area contributed by atoms with E-state index in [1.807, 2.05) is 31.2 Å². The molecule has 1 aliphatic heterocycles. The molecule has 2 rings (SSSR count). The highest BCUT2D eigenvalue weighted by molar-refractivity contribution is 6.30. The number of hydrogen-bond donors (Lipinski definition) is 2. The third kappa shape index (κ3) is 5.16. The van der Waals surface area contributed by atoms with Crippen LogP contribution >= 0.6 is 11.6 Å². The van der Waals surface area contributed by atoms with Crippen LogP contribution in [0.2, 0.25) is 5.02 Å². The molecule has 2 N–H and O–H groups in total. The maximum atomic E-state index is 12.0. The van der Waals surface area contributed by atoms with Crippen molar-refractivity contribution in [1.29, 1.82) is 0 Å². The first-order valence-corrected chi connectivity index (χ1v) is 7.97. The van der Waals surface area contributed by atoms with Crippen molar-refractivity contribution in [3.63, 3.8) is 0 Å². The second kappa shape index (κ2) is 8.36. The topological polar surface area (TPSA) is 61.8 Å². The average Bonchev–Trinajstić information content (AvgIpc) is 2.51. The molecule has 6 heteroatoms. The number of hydrogen-bond acceptors (Lipinski definition) is 3. The number of likely N-dealkylation sites (tertiary alicyclic amines) is 1. The number of piperidine rings is 1. The van der Waals surface area contributed by atoms with Gasteiger partial charge in [-0.05, 0) is 30.0 Å². The van der Waals surface area contributed by atoms with Gasteiger partial charge in [0, 0.05) is 24.7 Å². The van der Waals surface area contributed by atoms with E-state index in [0.717, 1.165) is 12.0 Å². The van der Waals surface area contributed by atoms with Gasteiger partial charge in [0.25, 0.3) is 0 Å². The normalized spacial score (nSPS) is 21.7. The fourth-order valence-corrected chi connectivity index (χ4v) is 2.47. The molecular formula is C16H23ClN2O3. The molecule has 1 aliphatic rings. The van der Waals surface area contributed by atoms with Crippen molar-refractivity contribution < 1.29 is 14.6 Å². The number of rotatable bonds is 5. The molecule has 122 valence electrons. The van der Waals surface area contributed by atoms with Crippen molar-refractivity contribution >= 4 is 17.6 Å². The highest BCUT2D eigenvalue weighted by atomic mass is 35.5. The van der Waals surface area contributed by atoms with Gasteiger partial charge in [-0.25, -0.2) is 4.79 Å². The van der Waals surface area contributed by atoms with Gasteiger partial charge in [0.15, 0.2) is 0 Å². The molecule has 5 nitrogen and oxygen atoms in total. The van der Waals surface area contributed by atoms with Gasteiger partial charge in [0.05, 0.1) is 19.3 Å². The minimum atomic E-state index is -0.430. The lowest BCUT2D eigenvalue weighted by Gasteiger charge is -2.34. The Morgan fingerprint density at radius 2 is 2.18 bits per heavy atom. The lowest BCUT2D eigenvalue weighted by Crippen LogP contribution is -2.50. The summed E-state index contributed by atoms with van der Waals surface area (Å²) in [6.45, 7) is 4.49. The molecule has 0 bridgehead atoms. The average molecular weight is 327 g/mol. The molecule has 0 spiro atoms. The molecule has 0 radical (unpaired) electrons. The first-order valence-electron chi connectivity index (χ1n) is 7.59. The number of nitrogens with zero attached hydrogens (tertiary/aromatic N) is 1. The van der Waals surface area contributed by atoms with Crippen molar-refractivity contribution in [3.05, 3.63) is 34.9 Å². The molecule has 1 aromatic rings. The molecule has 0 aliphatic carbocycles. The number of aliphatic hydroxyl groups excluding tert-OH is 1. The van der Waals surface area contributed by atoms with Crippen LogP contribution in [-0.4, -0.2) is 48.4 Å². The lowest BCUT2D eigenvalue weighted by atomic mass is 9.96. The van der Waals surface area contributed by atoms with Crippen LogP contribution in [0.4, 0.5) is 4.79 Å². The molecule has 0 aromatic heterocycles. The van der Waals surface area contributed by atoms with Crippen LogP contribution in [0.25, 0.3) is 0 Å². The zero-order valence-corrected chi connectivity index (χ0v) is 13.6. The number of ether oxygens (including phenoxy) is 1. The molecule has 22 heavy (non-hydrogen) atoms. The summed E-state index contributed by atoms with van der Waals surface area (Å²) in [7, 11) is 0. The van der Waals surface area contributed by atoms with Crippen molar-refractivity contribution in [1.82, 2.24) is 10.2 Å². The van der Waals surface area contributed by atoms with Gasteiger partial charge in [0.2, 0.25) is 0 Å². The molecular weight excluding hydrogens is 304 g/mol. The van der Waals surface area contributed by atoms with Crippen molar-refractivity contribution in [3.8, 4) is 0 Å². The van der Waals surface area contributed by atoms with E-state index < -0.39 is 6.10 Å². The van der Waals surface area contributed by atoms with Crippen molar-refractivity contribution in [2.45, 2.75) is 26.1 Å². The maximum absolute atomic E-state index is 12.0. The van der Waals surface area contributed by atoms with E-state index in [1.54, 1.807) is 4.90 Å². The van der Waals surface area contributed by atoms with Gasteiger partial charge >= 0.3 is 6.03 Å². The first-order chi connectivity index (χ1) is 10.6. The summed E-state index contributed by atoms with van der Waals surface area (Å²) < 4.78 is 5.51. The molecule has 1 fully saturated rings. The molecule has 0 saturated carbocycles. The van der Waals surface area contributed by atoms with Gasteiger partial charge in [-0.3, -0.25) is 0 Å². The van der Waals surface area contributed by atoms with Crippen LogP contribution < -0.4 is 5.32 Å². The monoisotopic (exact) mass is 326 g/mol. The highest BCUT2D eigenvalue weighted by Gasteiger charge is 2.26. The van der Waals surface area contributed by atoms with Crippen LogP contribution in [0.5, 0.6) is 0 Å². The summed E-state index contributed by atoms with van der Waals surface area (Å²) >= 11 is 5.81. The summed E-state index contributed by atoms with van der Waals surface area (Å²) in [4.78, 5) is 13.6. The number of amides is 2. The van der Waals surface area contributed by atoms with Crippen LogP contribution in [0.3, 0.4) is 0 Å². The Hall–Kier alpha value is -1.30. The van der Waals surface area contributed by atoms with Crippen LogP contribution in [0.1, 0.15) is 18.9 Å². The Kier molecular flexibility index (Phi) is 6.49. The standard InChI is InChI=1S/C16H23ClN2O3/c1-12-6-8-19(10-15(12)20)16(21)18-7-9-22-11-13-2-4-14(17)5-3-13/h2-5,12,15,20H,6-11H2,1H3,(H,18,21)/t12-,15-/m1/s1. The molecule has 0 unspecified atom stereocenters. The van der Waals surface area contributed by atoms with Crippen LogP contribution in [0.15, 0.2) is 24.3 Å². The second-order valence-electron chi connectivity index (χ2n) is 5.69. The van der Waals surface area contributed by atoms with Gasteiger partial charge in [0.1, 0.15) is 0 Å². The highest BCUT2D eigenvalue weighted by Crippen LogP contribution is 2.16. The quantitative estimate of drug-likeness (QED) is 0.816. The van der Waals surface area contributed by atoms with E-state index in [-0.39, 0.29) is 11.9 Å². The van der Waals surface area contributed by atoms with E-state index in [1.165, 1.54) is 0 Å². The summed E-state index contributed by atoms with van der Waals surface area (Å²) in [6.07, 6.45) is 0.405. The fraction of sp³-hybridized carbons (Fsp3) is 0.562. The van der Waals surface area contributed by atoms with E-state index >= 15 is 0 Å². The van der Waals surface area contributed by atoms with Gasteiger partial charge in [-0.1, -0.05) is 30.7 Å². The minimum absolute atomic E-state index is 0.138. The number of urea groups is 1. The van der Waals surface area contributed by atoms with E-state index in [4.69, 9.17) is 16.3 Å². The third-order valence-electron chi connectivity index (χ3n) is 3.91. The SMILES string of the molecule is C[C@@H]1CCN(C(=O)NCCOCc2ccc(Cl)cc2)C[C@H]1O. The molecule has 2 amide bonds. The van der Waals surface area contributed by atoms with Crippen LogP contribution in [-0.2, 0) is 11.3 Å². The van der Waals surface area contributed by atoms with Gasteiger partial charge in [-0.15, -0.1) is 0 Å². The fourth-order valence-electron chi connectivity index (χ4n) is 2.35. The maximum Gasteiger partial charge on any atom is 0.317 e. The Balaban J connectivity index is 1.60. The summed E-state index contributed by atoms with van der Waals surface area (Å²) in [6, 6.07) is 7.34. The van der Waals surface area contributed by atoms with Crippen LogP contribution in [0, 0.1) is 5.92 Å². The largest absolute Gasteiger partial charge is 0.391 e. The number of aliphatic hydroxyl groups is 1. The van der Waals surface area contributed by atoms with Gasteiger partial charge < -0.3 is 20.1 Å². The molecule has 1 saturated heterocycles. The summed E-state index contributed by atoms with van der Waals surface area (Å²) in [5.41, 5.74) is 1.05. The predicted molar refractivity (Wildman–Crippen MR) is 85.9 cm³/mol. The number of nitrogens with one attached hydrogen (secondary N) is 1. The Morgan fingerprint density at radius 1 is 1.45 bits per heavy atom. The summed E-state index contributed by atoms with van der Waals surface area (Å²) in [5, 5.41) is 13.3. The zero-order valence-electron chi connectivity index (χ0n) is 12.8. The number of halogens is 1. The molecule has 1 aromatic carbocycles. The smallest absolute Gasteiger partial charge is 0.317 e. The van der Waals surface area contributed by atoms with E-state index in [9.17, 15) is 9.90 Å². The van der Waals surface area contributed by atoms with E-state index in [0.29, 0.717) is 37.9 Å². The van der Waals surface area contributed by atoms with Crippen molar-refractivity contribution in [2.75, 3.05) is 26.2 Å². The third-order valence-corrected chi connectivity index (χ3v) is 4.16. The Labute approximate surface area is 136 Å². The summed E-state index contributed by atoms with van der Waals surface area (Å²) in [5.74, 6) is 0.256. The first kappa shape index (κ1) is 17.1. The molecule has 2 atom stereocenters. The van der Waals surface area contributed by atoms with Crippen molar-refractivity contribution in [2.24, 2.45) is 5.92 Å². The second-order valence-corrected chi connectivity index (χ2v) is 6.13. The number of β-amino-alcohol motifs (C(OH)–C–C–N with tert-alkyl or cyclic N) is 1. The predicted octanol–water partition coefficient (Wildman–Crippen LogP) is 2.27. The molecule has 1 heterocycles. The Morgan fingerprint density at radius 3 is 2.86 bits per heavy atom. The van der Waals surface area contributed by atoms with Gasteiger partial charge in [-0.2, -0.15) is 0 Å². The number of carbonyl (C=O) groups is 1. The van der Waals surface area contributed by atoms with E-state index in [2.05, 4.69) is 5.32 Å². The Bertz CT molecular complexity index is 481. The minimum Gasteiger partial charge on any atom is -0.391 e.